The fourth-order valence-corrected chi connectivity index (χ4v) is 1.97. The first kappa shape index (κ1) is 18.6. The Hall–Kier alpha value is -1.45. The average molecular weight is 340 g/mol. The molecule has 0 aliphatic rings. The molecule has 22 heavy (non-hydrogen) atoms. The third-order valence-corrected chi connectivity index (χ3v) is 3.31. The van der Waals surface area contributed by atoms with E-state index in [0.29, 0.717) is 0 Å². The maximum atomic E-state index is 14.0. The number of halogens is 9. The molecule has 1 aromatic carbocycles. The average Bonchev–Trinajstić information content (AvgIpc) is 2.36. The zero-order valence-corrected chi connectivity index (χ0v) is 11.3. The monoisotopic (exact) mass is 340 g/mol. The summed E-state index contributed by atoms with van der Waals surface area (Å²) in [5, 5.41) is 0. The van der Waals surface area contributed by atoms with Crippen molar-refractivity contribution in [3.8, 4) is 0 Å². The van der Waals surface area contributed by atoms with Gasteiger partial charge in [-0.05, 0) is 25.0 Å². The zero-order valence-electron chi connectivity index (χ0n) is 11.3. The Morgan fingerprint density at radius 1 is 0.682 bits per heavy atom. The highest BCUT2D eigenvalue weighted by Gasteiger charge is 2.75. The lowest BCUT2D eigenvalue weighted by molar-refractivity contribution is -0.385. The van der Waals surface area contributed by atoms with Crippen LogP contribution in [-0.4, -0.2) is 19.5 Å². The van der Waals surface area contributed by atoms with Crippen molar-refractivity contribution in [1.29, 1.82) is 0 Å². The minimum Gasteiger partial charge on any atom is -0.357 e. The van der Waals surface area contributed by atoms with Crippen LogP contribution in [0.3, 0.4) is 0 Å². The topological polar surface area (TPSA) is 9.23 Å². The van der Waals surface area contributed by atoms with Crippen molar-refractivity contribution >= 4 is 0 Å². The first-order chi connectivity index (χ1) is 9.74. The van der Waals surface area contributed by atoms with Crippen molar-refractivity contribution in [3.63, 3.8) is 0 Å². The number of ether oxygens (including phenoxy) is 1. The van der Waals surface area contributed by atoms with E-state index in [2.05, 4.69) is 4.74 Å². The molecular formula is C12H9F9O. The van der Waals surface area contributed by atoms with Gasteiger partial charge in [0, 0.05) is 7.11 Å². The second-order valence-corrected chi connectivity index (χ2v) is 4.45. The van der Waals surface area contributed by atoms with Crippen LogP contribution in [0.5, 0.6) is 0 Å². The molecule has 0 spiro atoms. The molecular weight excluding hydrogens is 331 g/mol. The van der Waals surface area contributed by atoms with Gasteiger partial charge < -0.3 is 4.74 Å². The molecule has 126 valence electrons. The minimum atomic E-state index is -6.28. The third-order valence-electron chi connectivity index (χ3n) is 3.31. The molecule has 0 bridgehead atoms. The lowest BCUT2D eigenvalue weighted by Crippen LogP contribution is -2.56. The molecule has 0 heterocycles. The Balaban J connectivity index is 4.05. The molecule has 1 aromatic rings. The van der Waals surface area contributed by atoms with Gasteiger partial charge >= 0.3 is 12.4 Å². The number of rotatable bonds is 2. The highest BCUT2D eigenvalue weighted by atomic mass is 19.4. The molecule has 0 saturated carbocycles. The largest absolute Gasteiger partial charge is 0.431 e. The van der Waals surface area contributed by atoms with Crippen molar-refractivity contribution in [1.82, 2.24) is 0 Å². The van der Waals surface area contributed by atoms with Crippen LogP contribution in [0, 0.1) is 31.3 Å². The Morgan fingerprint density at radius 3 is 1.36 bits per heavy atom. The summed E-state index contributed by atoms with van der Waals surface area (Å²) in [5.74, 6) is -6.78. The standard InChI is InChI=1S/C12H9F9O/c1-4-5(2)8(14)9(15)6(7(4)13)10(22-3,11(16,17)18)12(19,20)21/h1-3H3. The van der Waals surface area contributed by atoms with E-state index in [-0.39, 0.29) is 7.11 Å². The van der Waals surface area contributed by atoms with Crippen LogP contribution in [0.15, 0.2) is 0 Å². The van der Waals surface area contributed by atoms with E-state index in [4.69, 9.17) is 0 Å². The van der Waals surface area contributed by atoms with Gasteiger partial charge in [-0.3, -0.25) is 0 Å². The molecule has 0 radical (unpaired) electrons. The fraction of sp³-hybridized carbons (Fsp3) is 0.500. The zero-order chi connectivity index (χ0) is 17.7. The van der Waals surface area contributed by atoms with Crippen LogP contribution >= 0.6 is 0 Å². The summed E-state index contributed by atoms with van der Waals surface area (Å²) >= 11 is 0. The minimum absolute atomic E-state index is 0.0209. The van der Waals surface area contributed by atoms with E-state index in [1.165, 1.54) is 0 Å². The van der Waals surface area contributed by atoms with Crippen LogP contribution in [0.4, 0.5) is 39.5 Å². The maximum Gasteiger partial charge on any atom is 0.431 e. The SMILES string of the molecule is COC(c1c(F)c(C)c(C)c(F)c1F)(C(F)(F)F)C(F)(F)F. The van der Waals surface area contributed by atoms with Crippen molar-refractivity contribution in [2.75, 3.05) is 7.11 Å². The van der Waals surface area contributed by atoms with Crippen molar-refractivity contribution in [2.45, 2.75) is 31.8 Å². The molecule has 1 nitrogen and oxygen atoms in total. The van der Waals surface area contributed by atoms with Gasteiger partial charge in [0.15, 0.2) is 11.6 Å². The van der Waals surface area contributed by atoms with Gasteiger partial charge in [-0.25, -0.2) is 13.2 Å². The number of hydrogen-bond donors (Lipinski definition) is 0. The Labute approximate surface area is 118 Å². The maximum absolute atomic E-state index is 14.0. The second-order valence-electron chi connectivity index (χ2n) is 4.45. The molecule has 0 saturated heterocycles. The van der Waals surface area contributed by atoms with Crippen LogP contribution in [0.1, 0.15) is 16.7 Å². The fourth-order valence-electron chi connectivity index (χ4n) is 1.97. The van der Waals surface area contributed by atoms with Gasteiger partial charge in [-0.1, -0.05) is 0 Å². The van der Waals surface area contributed by atoms with Gasteiger partial charge in [0.2, 0.25) is 0 Å². The highest BCUT2D eigenvalue weighted by molar-refractivity contribution is 5.40. The van der Waals surface area contributed by atoms with Crippen LogP contribution < -0.4 is 0 Å². The molecule has 0 aliphatic carbocycles. The van der Waals surface area contributed by atoms with E-state index in [0.717, 1.165) is 13.8 Å². The quantitative estimate of drug-likeness (QED) is 0.561. The number of benzene rings is 1. The molecule has 0 N–H and O–H groups in total. The van der Waals surface area contributed by atoms with E-state index < -0.39 is 52.1 Å². The molecule has 0 fully saturated rings. The number of alkyl halides is 6. The first-order valence-corrected chi connectivity index (χ1v) is 5.56. The Bertz CT molecular complexity index is 543. The Kier molecular flexibility index (Phi) is 4.50. The summed E-state index contributed by atoms with van der Waals surface area (Å²) in [7, 11) is -0.0209. The number of methoxy groups -OCH3 is 1. The highest BCUT2D eigenvalue weighted by Crippen LogP contribution is 2.54. The van der Waals surface area contributed by atoms with Gasteiger partial charge in [-0.2, -0.15) is 26.3 Å². The van der Waals surface area contributed by atoms with Crippen LogP contribution in [-0.2, 0) is 10.3 Å². The summed E-state index contributed by atoms with van der Waals surface area (Å²) in [6.45, 7) is 1.54. The second kappa shape index (κ2) is 5.32. The van der Waals surface area contributed by atoms with E-state index in [1.807, 2.05) is 0 Å². The van der Waals surface area contributed by atoms with Crippen molar-refractivity contribution in [2.24, 2.45) is 0 Å². The molecule has 0 aromatic heterocycles. The molecule has 1 rings (SSSR count). The summed E-state index contributed by atoms with van der Waals surface area (Å²) < 4.78 is 123. The van der Waals surface area contributed by atoms with Gasteiger partial charge in [0.25, 0.3) is 5.60 Å². The summed E-state index contributed by atoms with van der Waals surface area (Å²) in [4.78, 5) is 0. The van der Waals surface area contributed by atoms with Crippen LogP contribution in [0.25, 0.3) is 0 Å². The summed E-state index contributed by atoms with van der Waals surface area (Å²) in [6, 6.07) is 0. The molecule has 10 heteroatoms. The predicted octanol–water partition coefficient (Wildman–Crippen LogP) is 4.69. The van der Waals surface area contributed by atoms with E-state index in [9.17, 15) is 39.5 Å². The van der Waals surface area contributed by atoms with Gasteiger partial charge in [0.1, 0.15) is 5.82 Å². The predicted molar refractivity (Wildman–Crippen MR) is 56.6 cm³/mol. The number of hydrogen-bond acceptors (Lipinski definition) is 1. The van der Waals surface area contributed by atoms with Crippen molar-refractivity contribution < 1.29 is 44.3 Å². The summed E-state index contributed by atoms with van der Waals surface area (Å²) in [5.41, 5.74) is -9.53. The normalized spacial score (nSPS) is 13.6. The Morgan fingerprint density at radius 2 is 1.05 bits per heavy atom. The first-order valence-electron chi connectivity index (χ1n) is 5.56. The van der Waals surface area contributed by atoms with Crippen LogP contribution in [0.2, 0.25) is 0 Å². The molecule has 0 amide bonds. The van der Waals surface area contributed by atoms with Gasteiger partial charge in [-0.15, -0.1) is 0 Å². The van der Waals surface area contributed by atoms with Crippen molar-refractivity contribution in [3.05, 3.63) is 34.1 Å². The summed E-state index contributed by atoms with van der Waals surface area (Å²) in [6.07, 6.45) is -12.6. The molecule has 0 aliphatic heterocycles. The molecule has 0 unspecified atom stereocenters. The molecule has 0 atom stereocenters. The van der Waals surface area contributed by atoms with E-state index in [1.54, 1.807) is 0 Å². The smallest absolute Gasteiger partial charge is 0.357 e. The van der Waals surface area contributed by atoms with Gasteiger partial charge in [0.05, 0.1) is 5.56 Å². The lowest BCUT2D eigenvalue weighted by atomic mass is 9.88. The lowest BCUT2D eigenvalue weighted by Gasteiger charge is -2.36. The third kappa shape index (κ3) is 2.33. The van der Waals surface area contributed by atoms with E-state index >= 15 is 0 Å².